The number of hydrogen-bond donors (Lipinski definition) is 1. The molecule has 1 aliphatic rings. The lowest BCUT2D eigenvalue weighted by molar-refractivity contribution is -0.138. The fourth-order valence-electron chi connectivity index (χ4n) is 3.73. The van der Waals surface area contributed by atoms with Crippen LogP contribution in [-0.2, 0) is 16.1 Å². The first-order valence-corrected chi connectivity index (χ1v) is 14.4. The molecule has 7 nitrogen and oxygen atoms in total. The van der Waals surface area contributed by atoms with E-state index in [-0.39, 0.29) is 40.2 Å². The van der Waals surface area contributed by atoms with Gasteiger partial charge in [-0.2, -0.15) is 0 Å². The maximum Gasteiger partial charge on any atom is 0.344 e. The number of esters is 1. The summed E-state index contributed by atoms with van der Waals surface area (Å²) in [6, 6.07) is 16.8. The SMILES string of the molecule is CCOC(=O)C1=C(O)/C(=C/c2ccc(OCc3ccc(Cl)cc3Cl)c(OCC)c2)SC1=NC(=O)c1ccccc1Cl. The van der Waals surface area contributed by atoms with Gasteiger partial charge in [0.05, 0.1) is 28.7 Å². The molecule has 0 aromatic heterocycles. The van der Waals surface area contributed by atoms with Crippen molar-refractivity contribution in [1.29, 1.82) is 0 Å². The monoisotopic (exact) mass is 631 g/mol. The molecule has 11 heteroatoms. The van der Waals surface area contributed by atoms with Crippen LogP contribution >= 0.6 is 46.6 Å². The summed E-state index contributed by atoms with van der Waals surface area (Å²) in [4.78, 5) is 30.0. The minimum Gasteiger partial charge on any atom is -0.506 e. The number of aliphatic hydroxyl groups excluding tert-OH is 1. The summed E-state index contributed by atoms with van der Waals surface area (Å²) < 4.78 is 16.9. The zero-order valence-corrected chi connectivity index (χ0v) is 25.0. The predicted octanol–water partition coefficient (Wildman–Crippen LogP) is 8.33. The van der Waals surface area contributed by atoms with Crippen LogP contribution in [0.15, 0.2) is 81.9 Å². The number of halogens is 3. The zero-order chi connectivity index (χ0) is 29.5. The summed E-state index contributed by atoms with van der Waals surface area (Å²) >= 11 is 19.4. The number of benzene rings is 3. The molecule has 212 valence electrons. The van der Waals surface area contributed by atoms with E-state index in [1.807, 2.05) is 6.92 Å². The van der Waals surface area contributed by atoms with Gasteiger partial charge in [-0.3, -0.25) is 4.79 Å². The van der Waals surface area contributed by atoms with Gasteiger partial charge in [0.2, 0.25) is 0 Å². The third-order valence-electron chi connectivity index (χ3n) is 5.64. The number of hydrogen-bond acceptors (Lipinski definition) is 7. The van der Waals surface area contributed by atoms with Crippen LogP contribution in [0.3, 0.4) is 0 Å². The Hall–Kier alpha value is -3.43. The van der Waals surface area contributed by atoms with Crippen LogP contribution in [-0.4, -0.2) is 35.2 Å². The molecule has 0 aliphatic carbocycles. The molecule has 0 bridgehead atoms. The van der Waals surface area contributed by atoms with Gasteiger partial charge in [0.25, 0.3) is 5.91 Å². The van der Waals surface area contributed by atoms with E-state index in [1.54, 1.807) is 67.6 Å². The molecule has 1 N–H and O–H groups in total. The van der Waals surface area contributed by atoms with Crippen LogP contribution in [0.1, 0.15) is 35.3 Å². The Morgan fingerprint density at radius 1 is 0.927 bits per heavy atom. The lowest BCUT2D eigenvalue weighted by Crippen LogP contribution is -2.14. The highest BCUT2D eigenvalue weighted by atomic mass is 35.5. The van der Waals surface area contributed by atoms with Gasteiger partial charge in [-0.05, 0) is 61.9 Å². The molecule has 1 amide bonds. The second-order valence-electron chi connectivity index (χ2n) is 8.42. The molecular weight excluding hydrogens is 609 g/mol. The third kappa shape index (κ3) is 7.45. The number of amides is 1. The maximum absolute atomic E-state index is 12.9. The van der Waals surface area contributed by atoms with Crippen molar-refractivity contribution in [3.8, 4) is 11.5 Å². The van der Waals surface area contributed by atoms with Crippen LogP contribution in [0, 0.1) is 0 Å². The van der Waals surface area contributed by atoms with Crippen molar-refractivity contribution in [3.63, 3.8) is 0 Å². The molecule has 41 heavy (non-hydrogen) atoms. The van der Waals surface area contributed by atoms with Crippen molar-refractivity contribution in [2.24, 2.45) is 4.99 Å². The number of thioether (sulfide) groups is 1. The zero-order valence-electron chi connectivity index (χ0n) is 21.9. The summed E-state index contributed by atoms with van der Waals surface area (Å²) in [5, 5.41) is 12.2. The Kier molecular flexibility index (Phi) is 10.4. The Balaban J connectivity index is 1.64. The van der Waals surface area contributed by atoms with Crippen molar-refractivity contribution in [1.82, 2.24) is 0 Å². The summed E-state index contributed by atoms with van der Waals surface area (Å²) in [5.74, 6) is -0.860. The van der Waals surface area contributed by atoms with Gasteiger partial charge in [0.15, 0.2) is 11.5 Å². The average molecular weight is 633 g/mol. The predicted molar refractivity (Wildman–Crippen MR) is 163 cm³/mol. The van der Waals surface area contributed by atoms with E-state index < -0.39 is 11.9 Å². The van der Waals surface area contributed by atoms with Crippen molar-refractivity contribution in [2.45, 2.75) is 20.5 Å². The summed E-state index contributed by atoms with van der Waals surface area (Å²) in [5.41, 5.74) is 1.36. The molecule has 0 saturated carbocycles. The van der Waals surface area contributed by atoms with E-state index in [9.17, 15) is 14.7 Å². The minimum absolute atomic E-state index is 0.00180. The highest BCUT2D eigenvalue weighted by Gasteiger charge is 2.34. The van der Waals surface area contributed by atoms with Gasteiger partial charge in [0.1, 0.15) is 23.0 Å². The highest BCUT2D eigenvalue weighted by molar-refractivity contribution is 8.18. The quantitative estimate of drug-likeness (QED) is 0.237. The molecule has 0 spiro atoms. The van der Waals surface area contributed by atoms with Crippen LogP contribution in [0.2, 0.25) is 15.1 Å². The fourth-order valence-corrected chi connectivity index (χ4v) is 5.42. The van der Waals surface area contributed by atoms with E-state index in [4.69, 9.17) is 49.0 Å². The average Bonchev–Trinajstić information content (AvgIpc) is 3.23. The van der Waals surface area contributed by atoms with Gasteiger partial charge in [-0.25, -0.2) is 9.79 Å². The van der Waals surface area contributed by atoms with Crippen LogP contribution in [0.25, 0.3) is 6.08 Å². The van der Waals surface area contributed by atoms with Gasteiger partial charge in [-0.1, -0.05) is 70.8 Å². The van der Waals surface area contributed by atoms with E-state index >= 15 is 0 Å². The first kappa shape index (κ1) is 30.5. The Morgan fingerprint density at radius 2 is 1.71 bits per heavy atom. The lowest BCUT2D eigenvalue weighted by Gasteiger charge is -2.13. The largest absolute Gasteiger partial charge is 0.506 e. The van der Waals surface area contributed by atoms with E-state index in [2.05, 4.69) is 4.99 Å². The molecule has 0 atom stereocenters. The van der Waals surface area contributed by atoms with E-state index in [0.717, 1.165) is 17.3 Å². The number of carbonyl (C=O) groups is 2. The number of aliphatic imine (C=N–C) groups is 1. The molecule has 0 fully saturated rings. The molecule has 3 aromatic rings. The molecule has 0 unspecified atom stereocenters. The van der Waals surface area contributed by atoms with Crippen LogP contribution in [0.5, 0.6) is 11.5 Å². The molecule has 4 rings (SSSR count). The molecule has 3 aromatic carbocycles. The minimum atomic E-state index is -0.800. The second-order valence-corrected chi connectivity index (χ2v) is 10.7. The van der Waals surface area contributed by atoms with Gasteiger partial charge >= 0.3 is 5.97 Å². The first-order valence-electron chi connectivity index (χ1n) is 12.4. The summed E-state index contributed by atoms with van der Waals surface area (Å²) in [6.07, 6.45) is 1.64. The first-order chi connectivity index (χ1) is 19.7. The molecule has 1 heterocycles. The number of nitrogens with zero attached hydrogens (tertiary/aromatic N) is 1. The summed E-state index contributed by atoms with van der Waals surface area (Å²) in [7, 11) is 0. The van der Waals surface area contributed by atoms with Crippen molar-refractivity contribution in [2.75, 3.05) is 13.2 Å². The number of ether oxygens (including phenoxy) is 3. The second kappa shape index (κ2) is 14.0. The number of rotatable bonds is 9. The number of carbonyl (C=O) groups excluding carboxylic acids is 2. The smallest absolute Gasteiger partial charge is 0.344 e. The molecule has 1 aliphatic heterocycles. The van der Waals surface area contributed by atoms with E-state index in [0.29, 0.717) is 38.6 Å². The number of aliphatic hydroxyl groups is 1. The topological polar surface area (TPSA) is 94.4 Å². The van der Waals surface area contributed by atoms with Gasteiger partial charge < -0.3 is 19.3 Å². The van der Waals surface area contributed by atoms with E-state index in [1.165, 1.54) is 6.07 Å². The molecule has 0 saturated heterocycles. The maximum atomic E-state index is 12.9. The fraction of sp³-hybridized carbons (Fsp3) is 0.167. The lowest BCUT2D eigenvalue weighted by atomic mass is 10.1. The summed E-state index contributed by atoms with van der Waals surface area (Å²) in [6.45, 7) is 4.13. The Bertz CT molecular complexity index is 1580. The van der Waals surface area contributed by atoms with Crippen LogP contribution in [0.4, 0.5) is 0 Å². The molecule has 0 radical (unpaired) electrons. The molecular formula is C30H24Cl3NO6S. The highest BCUT2D eigenvalue weighted by Crippen LogP contribution is 2.40. The third-order valence-corrected chi connectivity index (χ3v) is 7.58. The van der Waals surface area contributed by atoms with Gasteiger partial charge in [0, 0.05) is 15.6 Å². The van der Waals surface area contributed by atoms with Crippen molar-refractivity contribution in [3.05, 3.63) is 109 Å². The standard InChI is InChI=1S/C30H24Cl3NO6S/c1-3-38-24-13-17(9-12-23(24)40-16-18-10-11-19(31)15-22(18)33)14-25-27(35)26(30(37)39-4-2)29(41-25)34-28(36)20-7-5-6-8-21(20)32/h5-15,35H,3-4,16H2,1-2H3/b25-14-,34-29?. The normalized spacial score (nSPS) is 15.0. The van der Waals surface area contributed by atoms with Crippen LogP contribution < -0.4 is 9.47 Å². The Labute approximate surface area is 256 Å². The van der Waals surface area contributed by atoms with Gasteiger partial charge in [-0.15, -0.1) is 0 Å². The Morgan fingerprint density at radius 3 is 2.41 bits per heavy atom. The van der Waals surface area contributed by atoms with Crippen molar-refractivity contribution >= 4 is 69.6 Å². The van der Waals surface area contributed by atoms with Crippen molar-refractivity contribution < 1.29 is 28.9 Å².